The first-order valence-electron chi connectivity index (χ1n) is 5.85. The molecule has 0 unspecified atom stereocenters. The van der Waals surface area contributed by atoms with Crippen LogP contribution in [0.1, 0.15) is 33.6 Å². The van der Waals surface area contributed by atoms with Crippen molar-refractivity contribution in [3.05, 3.63) is 0 Å². The summed E-state index contributed by atoms with van der Waals surface area (Å²) >= 11 is 0. The van der Waals surface area contributed by atoms with Crippen LogP contribution in [0, 0.1) is 5.92 Å². The topological polar surface area (TPSA) is 26.3 Å². The fourth-order valence-electron chi connectivity index (χ4n) is 1.52. The van der Waals surface area contributed by atoms with Gasteiger partial charge in [-0.15, -0.1) is 0 Å². The maximum atomic E-state index is 11.3. The number of nitrogens with zero attached hydrogens (tertiary/aromatic N) is 1. The number of carbonyl (C=O) groups excluding carboxylic acids is 1. The molecule has 0 atom stereocenters. The van der Waals surface area contributed by atoms with Crippen LogP contribution in [-0.4, -0.2) is 44.2 Å². The standard InChI is InChI=1S/C12H26NO2/c1-6-7-13(4,5)8-9-15-12(14)10-11(2)3/h11H,6-10H2,1-5H3/q+1. The van der Waals surface area contributed by atoms with Crippen molar-refractivity contribution in [3.8, 4) is 0 Å². The molecular weight excluding hydrogens is 190 g/mol. The molecule has 15 heavy (non-hydrogen) atoms. The zero-order valence-corrected chi connectivity index (χ0v) is 10.9. The fraction of sp³-hybridized carbons (Fsp3) is 0.917. The molecular formula is C12H26NO2+. The van der Waals surface area contributed by atoms with E-state index in [1.807, 2.05) is 13.8 Å². The average molecular weight is 216 g/mol. The van der Waals surface area contributed by atoms with E-state index in [0.717, 1.165) is 24.0 Å². The third kappa shape index (κ3) is 8.43. The molecule has 0 spiro atoms. The zero-order chi connectivity index (χ0) is 11.9. The van der Waals surface area contributed by atoms with Crippen LogP contribution >= 0.6 is 0 Å². The summed E-state index contributed by atoms with van der Waals surface area (Å²) in [4.78, 5) is 11.3. The van der Waals surface area contributed by atoms with E-state index in [-0.39, 0.29) is 5.97 Å². The Hall–Kier alpha value is -0.570. The van der Waals surface area contributed by atoms with Crippen LogP contribution in [-0.2, 0) is 9.53 Å². The minimum absolute atomic E-state index is 0.0681. The number of carbonyl (C=O) groups is 1. The molecule has 0 aliphatic heterocycles. The van der Waals surface area contributed by atoms with E-state index in [0.29, 0.717) is 18.9 Å². The second-order valence-electron chi connectivity index (χ2n) is 5.20. The Balaban J connectivity index is 3.65. The van der Waals surface area contributed by atoms with Crippen LogP contribution in [0.4, 0.5) is 0 Å². The Morgan fingerprint density at radius 3 is 2.33 bits per heavy atom. The van der Waals surface area contributed by atoms with Crippen molar-refractivity contribution in [2.45, 2.75) is 33.6 Å². The molecule has 0 fully saturated rings. The van der Waals surface area contributed by atoms with Crippen LogP contribution in [0.3, 0.4) is 0 Å². The number of rotatable bonds is 7. The van der Waals surface area contributed by atoms with Gasteiger partial charge in [-0.05, 0) is 12.3 Å². The summed E-state index contributed by atoms with van der Waals surface area (Å²) in [5.41, 5.74) is 0. The molecule has 0 saturated carbocycles. The number of quaternary nitrogens is 1. The molecule has 0 heterocycles. The van der Waals surface area contributed by atoms with Crippen molar-refractivity contribution in [1.82, 2.24) is 0 Å². The highest BCUT2D eigenvalue weighted by Crippen LogP contribution is 2.02. The van der Waals surface area contributed by atoms with Gasteiger partial charge in [0, 0.05) is 6.42 Å². The Morgan fingerprint density at radius 2 is 1.87 bits per heavy atom. The number of hydrogen-bond donors (Lipinski definition) is 0. The van der Waals surface area contributed by atoms with E-state index in [1.165, 1.54) is 0 Å². The Morgan fingerprint density at radius 1 is 1.27 bits per heavy atom. The van der Waals surface area contributed by atoms with Gasteiger partial charge in [-0.2, -0.15) is 0 Å². The third-order valence-corrected chi connectivity index (χ3v) is 2.36. The third-order valence-electron chi connectivity index (χ3n) is 2.36. The second kappa shape index (κ2) is 6.83. The van der Waals surface area contributed by atoms with Crippen LogP contribution < -0.4 is 0 Å². The first-order chi connectivity index (χ1) is 6.87. The summed E-state index contributed by atoms with van der Waals surface area (Å²) in [5.74, 6) is 0.317. The highest BCUT2D eigenvalue weighted by molar-refractivity contribution is 5.69. The number of hydrogen-bond acceptors (Lipinski definition) is 2. The quantitative estimate of drug-likeness (QED) is 0.481. The molecule has 0 N–H and O–H groups in total. The summed E-state index contributed by atoms with van der Waals surface area (Å²) < 4.78 is 6.10. The largest absolute Gasteiger partial charge is 0.460 e. The first-order valence-corrected chi connectivity index (χ1v) is 5.85. The Bertz CT molecular complexity index is 188. The summed E-state index contributed by atoms with van der Waals surface area (Å²) in [6, 6.07) is 0. The van der Waals surface area contributed by atoms with E-state index in [9.17, 15) is 4.79 Å². The predicted molar refractivity (Wildman–Crippen MR) is 62.5 cm³/mol. The normalized spacial score (nSPS) is 11.9. The second-order valence-corrected chi connectivity index (χ2v) is 5.20. The number of likely N-dealkylation sites (N-methyl/N-ethyl adjacent to an activating group) is 1. The van der Waals surface area contributed by atoms with Gasteiger partial charge < -0.3 is 9.22 Å². The van der Waals surface area contributed by atoms with E-state index < -0.39 is 0 Å². The lowest BCUT2D eigenvalue weighted by atomic mass is 10.1. The van der Waals surface area contributed by atoms with Crippen LogP contribution in [0.2, 0.25) is 0 Å². The molecule has 0 aromatic rings. The molecule has 0 aromatic heterocycles. The van der Waals surface area contributed by atoms with Gasteiger partial charge in [0.25, 0.3) is 0 Å². The molecule has 90 valence electrons. The van der Waals surface area contributed by atoms with Gasteiger partial charge in [0.05, 0.1) is 20.6 Å². The molecule has 0 radical (unpaired) electrons. The maximum absolute atomic E-state index is 11.3. The van der Waals surface area contributed by atoms with Crippen molar-refractivity contribution < 1.29 is 14.0 Å². The molecule has 3 nitrogen and oxygen atoms in total. The summed E-state index contributed by atoms with van der Waals surface area (Å²) in [5, 5.41) is 0. The minimum atomic E-state index is -0.0681. The average Bonchev–Trinajstić information content (AvgIpc) is 2.01. The van der Waals surface area contributed by atoms with Gasteiger partial charge >= 0.3 is 5.97 Å². The molecule has 0 aliphatic rings. The highest BCUT2D eigenvalue weighted by Gasteiger charge is 2.14. The molecule has 0 aromatic carbocycles. The van der Waals surface area contributed by atoms with Crippen molar-refractivity contribution in [1.29, 1.82) is 0 Å². The maximum Gasteiger partial charge on any atom is 0.306 e. The van der Waals surface area contributed by atoms with Crippen LogP contribution in [0.5, 0.6) is 0 Å². The van der Waals surface area contributed by atoms with Gasteiger partial charge in [0.1, 0.15) is 13.2 Å². The van der Waals surface area contributed by atoms with Crippen molar-refractivity contribution in [3.63, 3.8) is 0 Å². The molecule has 0 rings (SSSR count). The molecule has 0 amide bonds. The predicted octanol–water partition coefficient (Wildman–Crippen LogP) is 2.06. The lowest BCUT2D eigenvalue weighted by molar-refractivity contribution is -0.890. The van der Waals surface area contributed by atoms with Gasteiger partial charge in [-0.1, -0.05) is 20.8 Å². The minimum Gasteiger partial charge on any atom is -0.460 e. The Labute approximate surface area is 94.0 Å². The highest BCUT2D eigenvalue weighted by atomic mass is 16.5. The molecule has 0 bridgehead atoms. The Kier molecular flexibility index (Phi) is 6.57. The zero-order valence-electron chi connectivity index (χ0n) is 10.9. The summed E-state index contributed by atoms with van der Waals surface area (Å²) in [6.45, 7) is 8.79. The van der Waals surface area contributed by atoms with Crippen molar-refractivity contribution in [2.75, 3.05) is 33.8 Å². The van der Waals surface area contributed by atoms with E-state index in [4.69, 9.17) is 4.74 Å². The lowest BCUT2D eigenvalue weighted by Gasteiger charge is -2.28. The summed E-state index contributed by atoms with van der Waals surface area (Å²) in [6.07, 6.45) is 1.69. The van der Waals surface area contributed by atoms with Crippen molar-refractivity contribution in [2.24, 2.45) is 5.92 Å². The van der Waals surface area contributed by atoms with Crippen molar-refractivity contribution >= 4 is 5.97 Å². The van der Waals surface area contributed by atoms with Gasteiger partial charge in [-0.3, -0.25) is 4.79 Å². The van der Waals surface area contributed by atoms with Crippen LogP contribution in [0.15, 0.2) is 0 Å². The van der Waals surface area contributed by atoms with Gasteiger partial charge in [0.2, 0.25) is 0 Å². The van der Waals surface area contributed by atoms with Crippen LogP contribution in [0.25, 0.3) is 0 Å². The SMILES string of the molecule is CCC[N+](C)(C)CCOC(=O)CC(C)C. The van der Waals surface area contributed by atoms with Gasteiger partial charge in [-0.25, -0.2) is 0 Å². The fourth-order valence-corrected chi connectivity index (χ4v) is 1.52. The van der Waals surface area contributed by atoms with E-state index >= 15 is 0 Å². The van der Waals surface area contributed by atoms with E-state index in [1.54, 1.807) is 0 Å². The van der Waals surface area contributed by atoms with E-state index in [2.05, 4.69) is 21.0 Å². The summed E-state index contributed by atoms with van der Waals surface area (Å²) in [7, 11) is 4.33. The molecule has 0 saturated heterocycles. The first kappa shape index (κ1) is 14.4. The van der Waals surface area contributed by atoms with Gasteiger partial charge in [0.15, 0.2) is 0 Å². The molecule has 3 heteroatoms. The number of ether oxygens (including phenoxy) is 1. The smallest absolute Gasteiger partial charge is 0.306 e. The lowest BCUT2D eigenvalue weighted by Crippen LogP contribution is -2.43. The number of esters is 1. The molecule has 0 aliphatic carbocycles. The monoisotopic (exact) mass is 216 g/mol.